The van der Waals surface area contributed by atoms with Gasteiger partial charge in [0.05, 0.1) is 11.8 Å². The molecule has 18 heavy (non-hydrogen) atoms. The summed E-state index contributed by atoms with van der Waals surface area (Å²) in [6, 6.07) is 0. The zero-order chi connectivity index (χ0) is 13.5. The molecule has 1 fully saturated rings. The molecule has 0 saturated carbocycles. The summed E-state index contributed by atoms with van der Waals surface area (Å²) < 4.78 is 5.14. The van der Waals surface area contributed by atoms with Crippen molar-refractivity contribution in [3.8, 4) is 0 Å². The Morgan fingerprint density at radius 2 is 2.39 bits per heavy atom. The average molecular weight is 256 g/mol. The lowest BCUT2D eigenvalue weighted by Crippen LogP contribution is -2.44. The zero-order valence-corrected chi connectivity index (χ0v) is 11.6. The lowest BCUT2D eigenvalue weighted by molar-refractivity contribution is -0.132. The molecular formula is C13H24N2O3. The Hall–Kier alpha value is -1.10. The smallest absolute Gasteiger partial charge is 0.222 e. The van der Waals surface area contributed by atoms with Crippen LogP contribution in [0.15, 0.2) is 5.16 Å². The highest BCUT2D eigenvalue weighted by molar-refractivity contribution is 5.89. The molecule has 0 aromatic carbocycles. The fourth-order valence-electron chi connectivity index (χ4n) is 2.24. The minimum Gasteiger partial charge on any atom is -0.411 e. The number of ether oxygens (including phenoxy) is 1. The number of amides is 1. The van der Waals surface area contributed by atoms with Crippen LogP contribution < -0.4 is 0 Å². The molecule has 1 saturated heterocycles. The van der Waals surface area contributed by atoms with Crippen LogP contribution in [0.2, 0.25) is 0 Å². The second-order valence-electron chi connectivity index (χ2n) is 4.87. The first-order chi connectivity index (χ1) is 8.62. The van der Waals surface area contributed by atoms with E-state index in [9.17, 15) is 4.79 Å². The number of rotatable bonds is 5. The normalized spacial score (nSPS) is 24.3. The van der Waals surface area contributed by atoms with Gasteiger partial charge in [-0.1, -0.05) is 12.1 Å². The third-order valence-electron chi connectivity index (χ3n) is 3.69. The lowest BCUT2D eigenvalue weighted by Gasteiger charge is -2.33. The van der Waals surface area contributed by atoms with Crippen molar-refractivity contribution in [1.82, 2.24) is 4.90 Å². The first kappa shape index (κ1) is 15.0. The minimum absolute atomic E-state index is 0.121. The molecule has 1 N–H and O–H groups in total. The van der Waals surface area contributed by atoms with Crippen LogP contribution in [0.5, 0.6) is 0 Å². The van der Waals surface area contributed by atoms with Crippen molar-refractivity contribution in [3.63, 3.8) is 0 Å². The van der Waals surface area contributed by atoms with Gasteiger partial charge in [0, 0.05) is 39.0 Å². The molecule has 1 heterocycles. The lowest BCUT2D eigenvalue weighted by atomic mass is 9.93. The monoisotopic (exact) mass is 256 g/mol. The number of hydrogen-bond donors (Lipinski definition) is 1. The van der Waals surface area contributed by atoms with Crippen molar-refractivity contribution in [2.75, 3.05) is 20.2 Å². The summed E-state index contributed by atoms with van der Waals surface area (Å²) in [6.07, 6.45) is 2.98. The third kappa shape index (κ3) is 3.98. The molecule has 0 radical (unpaired) electrons. The van der Waals surface area contributed by atoms with Gasteiger partial charge < -0.3 is 14.8 Å². The maximum absolute atomic E-state index is 12.0. The van der Waals surface area contributed by atoms with Crippen LogP contribution in [0.25, 0.3) is 0 Å². The van der Waals surface area contributed by atoms with E-state index in [1.165, 1.54) is 0 Å². The Kier molecular flexibility index (Phi) is 6.12. The van der Waals surface area contributed by atoms with Crippen molar-refractivity contribution in [3.05, 3.63) is 0 Å². The number of hydrogen-bond acceptors (Lipinski definition) is 4. The van der Waals surface area contributed by atoms with Gasteiger partial charge in [-0.15, -0.1) is 0 Å². The van der Waals surface area contributed by atoms with Gasteiger partial charge >= 0.3 is 0 Å². The molecule has 1 rings (SSSR count). The van der Waals surface area contributed by atoms with Crippen molar-refractivity contribution >= 4 is 11.6 Å². The fraction of sp³-hybridized carbons (Fsp3) is 0.846. The van der Waals surface area contributed by atoms with Crippen LogP contribution in [-0.4, -0.2) is 48.0 Å². The van der Waals surface area contributed by atoms with E-state index in [-0.39, 0.29) is 17.9 Å². The largest absolute Gasteiger partial charge is 0.411 e. The molecule has 2 unspecified atom stereocenters. The van der Waals surface area contributed by atoms with Crippen molar-refractivity contribution in [2.24, 2.45) is 11.1 Å². The highest BCUT2D eigenvalue weighted by Gasteiger charge is 2.27. The van der Waals surface area contributed by atoms with Gasteiger partial charge in [0.2, 0.25) is 5.91 Å². The first-order valence-corrected chi connectivity index (χ1v) is 6.63. The van der Waals surface area contributed by atoms with Gasteiger partial charge in [-0.3, -0.25) is 4.79 Å². The number of likely N-dealkylation sites (tertiary alicyclic amines) is 1. The molecule has 0 aromatic rings. The van der Waals surface area contributed by atoms with E-state index < -0.39 is 0 Å². The fourth-order valence-corrected chi connectivity index (χ4v) is 2.24. The van der Waals surface area contributed by atoms with E-state index in [2.05, 4.69) is 12.1 Å². The van der Waals surface area contributed by atoms with Gasteiger partial charge in [-0.05, 0) is 19.8 Å². The minimum atomic E-state index is 0.121. The van der Waals surface area contributed by atoms with Crippen LogP contribution in [0.1, 0.15) is 39.5 Å². The number of methoxy groups -OCH3 is 1. The maximum atomic E-state index is 12.0. The predicted octanol–water partition coefficient (Wildman–Crippen LogP) is 1.89. The molecule has 0 aromatic heterocycles. The molecule has 1 aliphatic rings. The summed E-state index contributed by atoms with van der Waals surface area (Å²) in [5.41, 5.74) is 0.826. The predicted molar refractivity (Wildman–Crippen MR) is 69.9 cm³/mol. The average Bonchev–Trinajstić information content (AvgIpc) is 2.43. The van der Waals surface area contributed by atoms with Gasteiger partial charge in [0.15, 0.2) is 0 Å². The van der Waals surface area contributed by atoms with E-state index in [0.717, 1.165) is 18.6 Å². The Morgan fingerprint density at radius 3 is 2.94 bits per heavy atom. The Bertz CT molecular complexity index is 305. The number of oxime groups is 1. The van der Waals surface area contributed by atoms with Gasteiger partial charge in [-0.25, -0.2) is 0 Å². The second kappa shape index (κ2) is 7.36. The summed E-state index contributed by atoms with van der Waals surface area (Å²) in [4.78, 5) is 13.9. The van der Waals surface area contributed by atoms with E-state index in [0.29, 0.717) is 25.9 Å². The molecule has 2 atom stereocenters. The maximum Gasteiger partial charge on any atom is 0.222 e. The van der Waals surface area contributed by atoms with Crippen LogP contribution in [0.3, 0.4) is 0 Å². The Balaban J connectivity index is 2.45. The molecule has 0 spiro atoms. The van der Waals surface area contributed by atoms with Crippen LogP contribution in [0.4, 0.5) is 0 Å². The summed E-state index contributed by atoms with van der Waals surface area (Å²) in [5.74, 6) is 0.377. The highest BCUT2D eigenvalue weighted by Crippen LogP contribution is 2.18. The molecule has 1 aliphatic heterocycles. The topological polar surface area (TPSA) is 62.1 Å². The summed E-state index contributed by atoms with van der Waals surface area (Å²) >= 11 is 0. The number of carbonyl (C=O) groups excluding carboxylic acids is 1. The second-order valence-corrected chi connectivity index (χ2v) is 4.87. The van der Waals surface area contributed by atoms with E-state index in [1.807, 2.05) is 11.8 Å². The molecule has 1 amide bonds. The van der Waals surface area contributed by atoms with E-state index in [4.69, 9.17) is 9.94 Å². The molecule has 0 bridgehead atoms. The summed E-state index contributed by atoms with van der Waals surface area (Å²) in [6.45, 7) is 5.36. The molecule has 5 heteroatoms. The number of piperidine rings is 1. The van der Waals surface area contributed by atoms with E-state index >= 15 is 0 Å². The van der Waals surface area contributed by atoms with Crippen molar-refractivity contribution < 1.29 is 14.7 Å². The molecule has 0 aliphatic carbocycles. The highest BCUT2D eigenvalue weighted by atomic mass is 16.5. The summed E-state index contributed by atoms with van der Waals surface area (Å²) in [5, 5.41) is 12.2. The SMILES string of the molecule is CCC1CN(C(=O)CCC(C)OC)CCC1=NO. The van der Waals surface area contributed by atoms with Gasteiger partial charge in [-0.2, -0.15) is 0 Å². The number of nitrogens with zero attached hydrogens (tertiary/aromatic N) is 2. The summed E-state index contributed by atoms with van der Waals surface area (Å²) in [7, 11) is 1.66. The van der Waals surface area contributed by atoms with E-state index in [1.54, 1.807) is 7.11 Å². The van der Waals surface area contributed by atoms with Crippen LogP contribution in [0, 0.1) is 5.92 Å². The Morgan fingerprint density at radius 1 is 1.67 bits per heavy atom. The molecule has 5 nitrogen and oxygen atoms in total. The quantitative estimate of drug-likeness (QED) is 0.603. The number of carbonyl (C=O) groups is 1. The zero-order valence-electron chi connectivity index (χ0n) is 11.6. The van der Waals surface area contributed by atoms with Crippen molar-refractivity contribution in [2.45, 2.75) is 45.6 Å². The standard InChI is InChI=1S/C13H24N2O3/c1-4-11-9-15(8-7-12(11)14-17)13(16)6-5-10(2)18-3/h10-11,17H,4-9H2,1-3H3. The van der Waals surface area contributed by atoms with Gasteiger partial charge in [0.1, 0.15) is 0 Å². The van der Waals surface area contributed by atoms with Crippen LogP contribution >= 0.6 is 0 Å². The third-order valence-corrected chi connectivity index (χ3v) is 3.69. The van der Waals surface area contributed by atoms with Gasteiger partial charge in [0.25, 0.3) is 0 Å². The van der Waals surface area contributed by atoms with Crippen LogP contribution in [-0.2, 0) is 9.53 Å². The molecular weight excluding hydrogens is 232 g/mol. The first-order valence-electron chi connectivity index (χ1n) is 6.63. The Labute approximate surface area is 109 Å². The molecule has 104 valence electrons. The van der Waals surface area contributed by atoms with Crippen molar-refractivity contribution in [1.29, 1.82) is 0 Å².